The minimum absolute atomic E-state index is 0.127. The van der Waals surface area contributed by atoms with E-state index >= 15 is 0 Å². The van der Waals surface area contributed by atoms with Crippen LogP contribution in [-0.2, 0) is 11.3 Å². The van der Waals surface area contributed by atoms with Crippen LogP contribution in [0.3, 0.4) is 0 Å². The number of nitrogens with one attached hydrogen (secondary N) is 2. The van der Waals surface area contributed by atoms with Crippen LogP contribution in [0.2, 0.25) is 0 Å². The van der Waals surface area contributed by atoms with Crippen molar-refractivity contribution >= 4 is 11.9 Å². The van der Waals surface area contributed by atoms with Gasteiger partial charge in [0.15, 0.2) is 5.96 Å². The maximum absolute atomic E-state index is 12.3. The van der Waals surface area contributed by atoms with Gasteiger partial charge >= 0.3 is 6.61 Å². The summed E-state index contributed by atoms with van der Waals surface area (Å²) in [5.41, 5.74) is 0.801. The lowest BCUT2D eigenvalue weighted by Gasteiger charge is -2.19. The van der Waals surface area contributed by atoms with Crippen LogP contribution in [0, 0.1) is 0 Å². The molecule has 2 rings (SSSR count). The molecule has 1 aliphatic rings. The fraction of sp³-hybridized carbons (Fsp3) is 0.529. The number of nitrogens with zero attached hydrogens (tertiary/aromatic N) is 2. The average molecular weight is 354 g/mol. The van der Waals surface area contributed by atoms with Gasteiger partial charge in [0.25, 0.3) is 0 Å². The van der Waals surface area contributed by atoms with Crippen LogP contribution < -0.4 is 15.4 Å². The van der Waals surface area contributed by atoms with E-state index in [9.17, 15) is 13.6 Å². The van der Waals surface area contributed by atoms with Crippen molar-refractivity contribution in [1.29, 1.82) is 0 Å². The quantitative estimate of drug-likeness (QED) is 0.605. The van der Waals surface area contributed by atoms with E-state index in [1.54, 1.807) is 19.2 Å². The molecule has 1 amide bonds. The van der Waals surface area contributed by atoms with E-state index in [2.05, 4.69) is 20.4 Å². The smallest absolute Gasteiger partial charge is 0.387 e. The Morgan fingerprint density at radius 2 is 2.28 bits per heavy atom. The van der Waals surface area contributed by atoms with Crippen LogP contribution in [-0.4, -0.2) is 49.6 Å². The summed E-state index contributed by atoms with van der Waals surface area (Å²) >= 11 is 0. The van der Waals surface area contributed by atoms with E-state index in [1.165, 1.54) is 6.07 Å². The molecule has 0 aromatic heterocycles. The number of hydrogen-bond acceptors (Lipinski definition) is 3. The largest absolute Gasteiger partial charge is 0.435 e. The molecule has 2 N–H and O–H groups in total. The van der Waals surface area contributed by atoms with Gasteiger partial charge in [0.05, 0.1) is 0 Å². The molecule has 0 saturated carbocycles. The third-order valence-electron chi connectivity index (χ3n) is 3.99. The van der Waals surface area contributed by atoms with E-state index in [4.69, 9.17) is 0 Å². The molecular formula is C17H24F2N4O2. The Labute approximate surface area is 146 Å². The van der Waals surface area contributed by atoms with Gasteiger partial charge in [-0.25, -0.2) is 0 Å². The lowest BCUT2D eigenvalue weighted by Crippen LogP contribution is -2.44. The van der Waals surface area contributed by atoms with Gasteiger partial charge in [-0.1, -0.05) is 19.1 Å². The van der Waals surface area contributed by atoms with Gasteiger partial charge in [-0.05, 0) is 24.1 Å². The standard InChI is InChI=1S/C17H24F2N4O2/c1-3-15(24)23-8-7-13(11-23)22-17(20-2)21-10-12-5-4-6-14(9-12)25-16(18)19/h4-6,9,13,16H,3,7-8,10-11H2,1-2H3,(H2,20,21,22). The number of aliphatic imine (C=N–C) groups is 1. The number of carbonyl (C=O) groups is 1. The Morgan fingerprint density at radius 3 is 2.96 bits per heavy atom. The topological polar surface area (TPSA) is 66.0 Å². The Balaban J connectivity index is 1.84. The highest BCUT2D eigenvalue weighted by molar-refractivity contribution is 5.80. The van der Waals surface area contributed by atoms with Crippen molar-refractivity contribution in [2.75, 3.05) is 20.1 Å². The van der Waals surface area contributed by atoms with E-state index in [1.807, 2.05) is 17.9 Å². The zero-order valence-corrected chi connectivity index (χ0v) is 14.5. The first-order valence-corrected chi connectivity index (χ1v) is 8.30. The third kappa shape index (κ3) is 5.88. The van der Waals surface area contributed by atoms with Gasteiger partial charge in [-0.3, -0.25) is 9.79 Å². The van der Waals surface area contributed by atoms with Crippen LogP contribution in [0.1, 0.15) is 25.3 Å². The zero-order chi connectivity index (χ0) is 18.2. The SMILES string of the molecule is CCC(=O)N1CCC(NC(=NC)NCc2cccc(OC(F)F)c2)C1. The maximum atomic E-state index is 12.3. The molecule has 1 heterocycles. The van der Waals surface area contributed by atoms with Gasteiger partial charge in [0, 0.05) is 39.1 Å². The molecule has 1 aromatic rings. The Morgan fingerprint density at radius 1 is 1.48 bits per heavy atom. The van der Waals surface area contributed by atoms with Gasteiger partial charge < -0.3 is 20.3 Å². The maximum Gasteiger partial charge on any atom is 0.387 e. The first-order chi connectivity index (χ1) is 12.0. The Kier molecular flexibility index (Phi) is 6.97. The predicted molar refractivity (Wildman–Crippen MR) is 91.7 cm³/mol. The normalized spacial score (nSPS) is 17.7. The summed E-state index contributed by atoms with van der Waals surface area (Å²) in [5, 5.41) is 6.43. The van der Waals surface area contributed by atoms with Crippen molar-refractivity contribution in [1.82, 2.24) is 15.5 Å². The zero-order valence-electron chi connectivity index (χ0n) is 14.5. The van der Waals surface area contributed by atoms with Gasteiger partial charge in [-0.2, -0.15) is 8.78 Å². The summed E-state index contributed by atoms with van der Waals surface area (Å²) in [7, 11) is 1.66. The number of alkyl halides is 2. The summed E-state index contributed by atoms with van der Waals surface area (Å²) in [4.78, 5) is 17.7. The average Bonchev–Trinajstić information content (AvgIpc) is 3.06. The molecule has 138 valence electrons. The van der Waals surface area contributed by atoms with Crippen molar-refractivity contribution in [3.8, 4) is 5.75 Å². The molecule has 0 spiro atoms. The van der Waals surface area contributed by atoms with Crippen molar-refractivity contribution in [3.05, 3.63) is 29.8 Å². The van der Waals surface area contributed by atoms with Gasteiger partial charge in [0.2, 0.25) is 5.91 Å². The molecule has 1 aliphatic heterocycles. The first kappa shape index (κ1) is 19.0. The Hall–Kier alpha value is -2.38. The number of benzene rings is 1. The van der Waals surface area contributed by atoms with E-state index in [0.29, 0.717) is 25.5 Å². The highest BCUT2D eigenvalue weighted by atomic mass is 19.3. The number of carbonyl (C=O) groups excluding carboxylic acids is 1. The summed E-state index contributed by atoms with van der Waals surface area (Å²) in [6, 6.07) is 6.67. The number of guanidine groups is 1. The van der Waals surface area contributed by atoms with Crippen molar-refractivity contribution in [2.24, 2.45) is 4.99 Å². The number of amides is 1. The van der Waals surface area contributed by atoms with Crippen LogP contribution in [0.25, 0.3) is 0 Å². The summed E-state index contributed by atoms with van der Waals surface area (Å²) in [6.07, 6.45) is 1.38. The first-order valence-electron chi connectivity index (χ1n) is 8.30. The molecule has 0 aliphatic carbocycles. The molecule has 6 nitrogen and oxygen atoms in total. The lowest BCUT2D eigenvalue weighted by atomic mass is 10.2. The molecule has 8 heteroatoms. The molecule has 25 heavy (non-hydrogen) atoms. The summed E-state index contributed by atoms with van der Waals surface area (Å²) in [5.74, 6) is 0.890. The molecule has 1 fully saturated rings. The van der Waals surface area contributed by atoms with E-state index in [-0.39, 0.29) is 17.7 Å². The number of rotatable bonds is 6. The van der Waals surface area contributed by atoms with Crippen LogP contribution in [0.15, 0.2) is 29.3 Å². The van der Waals surface area contributed by atoms with E-state index < -0.39 is 6.61 Å². The molecule has 1 saturated heterocycles. The van der Waals surface area contributed by atoms with Crippen LogP contribution in [0.5, 0.6) is 5.75 Å². The predicted octanol–water partition coefficient (Wildman–Crippen LogP) is 1.96. The van der Waals surface area contributed by atoms with E-state index in [0.717, 1.165) is 18.5 Å². The molecule has 1 atom stereocenters. The molecular weight excluding hydrogens is 330 g/mol. The third-order valence-corrected chi connectivity index (χ3v) is 3.99. The number of hydrogen-bond donors (Lipinski definition) is 2. The van der Waals surface area contributed by atoms with Crippen molar-refractivity contribution in [3.63, 3.8) is 0 Å². The molecule has 0 bridgehead atoms. The molecule has 1 aromatic carbocycles. The molecule has 1 unspecified atom stereocenters. The fourth-order valence-corrected chi connectivity index (χ4v) is 2.73. The lowest BCUT2D eigenvalue weighted by molar-refractivity contribution is -0.129. The number of likely N-dealkylation sites (tertiary alicyclic amines) is 1. The van der Waals surface area contributed by atoms with Crippen molar-refractivity contribution < 1.29 is 18.3 Å². The number of halogens is 2. The van der Waals surface area contributed by atoms with Gasteiger partial charge in [0.1, 0.15) is 5.75 Å². The second-order valence-corrected chi connectivity index (χ2v) is 5.77. The minimum Gasteiger partial charge on any atom is -0.435 e. The minimum atomic E-state index is -2.84. The Bertz CT molecular complexity index is 610. The van der Waals surface area contributed by atoms with Crippen LogP contribution in [0.4, 0.5) is 8.78 Å². The van der Waals surface area contributed by atoms with Gasteiger partial charge in [-0.15, -0.1) is 0 Å². The summed E-state index contributed by atoms with van der Waals surface area (Å²) in [6.45, 7) is 0.841. The monoisotopic (exact) mass is 354 g/mol. The van der Waals surface area contributed by atoms with Crippen molar-refractivity contribution in [2.45, 2.75) is 39.0 Å². The van der Waals surface area contributed by atoms with Crippen LogP contribution >= 0.6 is 0 Å². The fourth-order valence-electron chi connectivity index (χ4n) is 2.73. The second-order valence-electron chi connectivity index (χ2n) is 5.77. The highest BCUT2D eigenvalue weighted by Crippen LogP contribution is 2.16. The highest BCUT2D eigenvalue weighted by Gasteiger charge is 2.25. The molecule has 0 radical (unpaired) electrons. The number of ether oxygens (including phenoxy) is 1. The summed E-state index contributed by atoms with van der Waals surface area (Å²) < 4.78 is 28.9. The second kappa shape index (κ2) is 9.19.